The van der Waals surface area contributed by atoms with E-state index in [-0.39, 0.29) is 13.0 Å². The highest BCUT2D eigenvalue weighted by atomic mass is 31.3. The molecule has 0 bridgehead atoms. The summed E-state index contributed by atoms with van der Waals surface area (Å²) in [5.41, 5.74) is 26.0. The first kappa shape index (κ1) is 118. The van der Waals surface area contributed by atoms with Gasteiger partial charge in [0.05, 0.1) is 19.8 Å². The maximum absolute atomic E-state index is 14.2. The highest BCUT2D eigenvalue weighted by Gasteiger charge is 2.55. The maximum atomic E-state index is 14.2. The number of amides is 8. The zero-order valence-electron chi connectivity index (χ0n) is 80.1. The molecule has 18 unspecified atom stereocenters. The zero-order chi connectivity index (χ0) is 98.0. The van der Waals surface area contributed by atoms with Crippen molar-refractivity contribution in [3.8, 4) is 0 Å². The Morgan fingerprint density at radius 1 is 0.423 bits per heavy atom. The van der Waals surface area contributed by atoms with Crippen LogP contribution in [-0.2, 0) is 84.6 Å². The Morgan fingerprint density at radius 2 is 0.800 bits per heavy atom. The van der Waals surface area contributed by atoms with Gasteiger partial charge in [-0.2, -0.15) is 4.31 Å². The van der Waals surface area contributed by atoms with E-state index in [0.717, 1.165) is 149 Å². The van der Waals surface area contributed by atoms with Gasteiger partial charge in [0.15, 0.2) is 12.6 Å². The van der Waals surface area contributed by atoms with E-state index in [9.17, 15) is 87.6 Å². The number of phosphoric acid groups is 2. The normalized spacial score (nSPS) is 22.4. The Bertz CT molecular complexity index is 4070. The summed E-state index contributed by atoms with van der Waals surface area (Å²) in [4.78, 5) is 139. The van der Waals surface area contributed by atoms with Crippen LogP contribution in [0.5, 0.6) is 0 Å². The number of aliphatic carboxylic acids is 1. The van der Waals surface area contributed by atoms with Crippen molar-refractivity contribution in [1.29, 1.82) is 0 Å². The second-order valence-corrected chi connectivity index (χ2v) is 37.8. The van der Waals surface area contributed by atoms with Gasteiger partial charge in [-0.05, 0) is 271 Å². The molecule has 18 N–H and O–H groups in total. The number of nitrogens with one attached hydrogen (secondary N) is 7. The minimum atomic E-state index is -5.94. The first-order valence-electron chi connectivity index (χ1n) is 45.5. The average Bonchev–Trinajstić information content (AvgIpc) is 0.764. The Kier molecular flexibility index (Phi) is 57.8. The van der Waals surface area contributed by atoms with Gasteiger partial charge < -0.3 is 103 Å². The Morgan fingerprint density at radius 3 is 1.18 bits per heavy atom. The predicted octanol–water partition coefficient (Wildman–Crippen LogP) is 11.8. The molecular formula is C94H157N9O25P2. The van der Waals surface area contributed by atoms with E-state index in [0.29, 0.717) is 25.7 Å². The first-order valence-corrected chi connectivity index (χ1v) is 48.5. The lowest BCUT2D eigenvalue weighted by atomic mass is 9.94. The van der Waals surface area contributed by atoms with Gasteiger partial charge in [0, 0.05) is 20.3 Å². The van der Waals surface area contributed by atoms with Crippen molar-refractivity contribution in [1.82, 2.24) is 37.2 Å². The Labute approximate surface area is 771 Å². The molecule has 2 aliphatic heterocycles. The molecule has 738 valence electrons. The van der Waals surface area contributed by atoms with Crippen LogP contribution in [0.2, 0.25) is 0 Å². The van der Waals surface area contributed by atoms with Gasteiger partial charge in [-0.1, -0.05) is 128 Å². The number of phosphoric ester groups is 2. The summed E-state index contributed by atoms with van der Waals surface area (Å²) in [6, 6.07) is -10.6. The van der Waals surface area contributed by atoms with Crippen LogP contribution in [0.25, 0.3) is 0 Å². The van der Waals surface area contributed by atoms with Crippen molar-refractivity contribution in [2.75, 3.05) is 26.4 Å². The molecule has 34 nitrogen and oxygen atoms in total. The number of allylic oxidation sites excluding steroid dienone is 21. The maximum Gasteiger partial charge on any atom is 0.483 e. The van der Waals surface area contributed by atoms with Crippen LogP contribution in [0.4, 0.5) is 0 Å². The number of carbonyl (C=O) groups is 9. The standard InChI is InChI=1S/C94H157N9O25P2/c1-59(2)31-21-32-60(3)33-22-34-61(4)35-23-36-62(5)37-24-38-63(6)39-25-40-64(7)41-26-42-65(8)43-27-44-66(9)45-28-46-67(10)47-29-48-68(11)49-30-50-69(12)54-56-122-129(118,119)128-130(120,121)127-94-82(101-75(18)107)86(85(79(58-105)125-94)126-93-81(100-74(17)106)84(110)83(109)78(57-104)124-93)123-73(16)90(114)97-71(14)89(113)103-76(87(96)111)52-53-80(108)102-77(51-19-20-55-95)91(115)98-70(13)88(112)99-72(15)92(116)117/h31,33,35,37,39,41,43,45,47,49,54,70-73,76-79,81-86,93-94,104-105,109-110H,19-30,32,34,36,38,40,42,44,46,48,50-53,55-58,95H2,1-18H3,(H2,96,111)(H,97,114)(H,98,115)(H,99,112)(H,100,106)(H,101,107)(H,102,108)(H,103,113)(H,116,117)(H,118,119)(H,120,121). The number of nitrogens with two attached hydrogens (primary N) is 2. The van der Waals surface area contributed by atoms with Crippen LogP contribution in [-0.4, -0.2) is 213 Å². The number of aliphatic hydroxyl groups excluding tert-OH is 4. The van der Waals surface area contributed by atoms with Gasteiger partial charge in [0.1, 0.15) is 85.0 Å². The molecule has 36 heteroatoms. The highest BCUT2D eigenvalue weighted by Crippen LogP contribution is 2.61. The Balaban J connectivity index is 2.08. The summed E-state index contributed by atoms with van der Waals surface area (Å²) >= 11 is 0. The smallest absolute Gasteiger partial charge is 0.480 e. The molecule has 0 saturated carbocycles. The van der Waals surface area contributed by atoms with Crippen molar-refractivity contribution in [2.45, 2.75) is 383 Å². The molecule has 2 heterocycles. The number of ether oxygens (including phenoxy) is 4. The van der Waals surface area contributed by atoms with Crippen LogP contribution >= 0.6 is 15.6 Å². The van der Waals surface area contributed by atoms with Gasteiger partial charge in [-0.3, -0.25) is 52.2 Å². The number of aliphatic hydroxyl groups is 4. The molecule has 18 atom stereocenters. The summed E-state index contributed by atoms with van der Waals surface area (Å²) < 4.78 is 66.4. The zero-order valence-corrected chi connectivity index (χ0v) is 81.9. The van der Waals surface area contributed by atoms with E-state index in [4.69, 9.17) is 39.5 Å². The second kappa shape index (κ2) is 63.5. The molecule has 2 fully saturated rings. The molecule has 130 heavy (non-hydrogen) atoms. The molecule has 0 aromatic rings. The van der Waals surface area contributed by atoms with E-state index in [1.165, 1.54) is 75.7 Å². The van der Waals surface area contributed by atoms with E-state index < -0.39 is 199 Å². The number of unbranched alkanes of at least 4 members (excludes halogenated alkanes) is 1. The van der Waals surface area contributed by atoms with Gasteiger partial charge in [-0.15, -0.1) is 0 Å². The number of hydrogen-bond donors (Lipinski definition) is 16. The molecule has 0 spiro atoms. The molecular weight excluding hydrogens is 1720 g/mol. The molecule has 2 aliphatic rings. The molecule has 0 aliphatic carbocycles. The van der Waals surface area contributed by atoms with Crippen molar-refractivity contribution in [3.05, 3.63) is 128 Å². The summed E-state index contributed by atoms with van der Waals surface area (Å²) in [6.45, 7) is 30.3. The summed E-state index contributed by atoms with van der Waals surface area (Å²) in [5.74, 6) is -8.88. The van der Waals surface area contributed by atoms with Crippen molar-refractivity contribution in [2.24, 2.45) is 11.5 Å². The van der Waals surface area contributed by atoms with Gasteiger partial charge >= 0.3 is 21.6 Å². The fourth-order valence-electron chi connectivity index (χ4n) is 14.1. The van der Waals surface area contributed by atoms with Crippen molar-refractivity contribution >= 4 is 68.9 Å². The lowest BCUT2D eigenvalue weighted by molar-refractivity contribution is -0.331. The number of rotatable bonds is 63. The number of hydrogen-bond acceptors (Lipinski definition) is 23. The number of carboxylic acid groups (broad SMARTS) is 1. The van der Waals surface area contributed by atoms with E-state index in [1.54, 1.807) is 6.92 Å². The third-order valence-corrected chi connectivity index (χ3v) is 24.7. The third kappa shape index (κ3) is 50.4. The fourth-order valence-corrected chi connectivity index (χ4v) is 16.2. The van der Waals surface area contributed by atoms with Gasteiger partial charge in [0.2, 0.25) is 47.3 Å². The van der Waals surface area contributed by atoms with E-state index >= 15 is 0 Å². The fraction of sp³-hybridized carbons (Fsp3) is 0.670. The molecule has 0 aromatic heterocycles. The van der Waals surface area contributed by atoms with Crippen molar-refractivity contribution in [3.63, 3.8) is 0 Å². The number of carbonyl (C=O) groups excluding carboxylic acids is 8. The minimum Gasteiger partial charge on any atom is -0.480 e. The lowest BCUT2D eigenvalue weighted by Crippen LogP contribution is -2.70. The SMILES string of the molecule is CC(=O)NC1C(OC2C(CO)OC(OP(=O)(O)OP(=O)(O)OCC=C(C)CCC=C(C)CCC=C(C)CCC=C(C)CCC=C(C)CCC=C(C)CCC=C(C)CCC=C(C)CCC=C(C)CCC=C(C)CCC=C(C)C)C(NC(C)=O)C2OC(C)C(=O)NC(C)C(=O)NC(CCC(=O)NC(CCCCN)C(=O)NC(C)C(=O)NC(C)C(=O)O)C(N)=O)OC(CO)C(O)C1O. The third-order valence-electron chi connectivity index (χ3n) is 22.1. The summed E-state index contributed by atoms with van der Waals surface area (Å²) in [5, 5.41) is 68.8. The van der Waals surface area contributed by atoms with Crippen LogP contribution < -0.4 is 48.7 Å². The van der Waals surface area contributed by atoms with Crippen LogP contribution in [0, 0.1) is 0 Å². The average molecular weight is 1880 g/mol. The van der Waals surface area contributed by atoms with Crippen molar-refractivity contribution < 1.29 is 120 Å². The largest absolute Gasteiger partial charge is 0.483 e. The second-order valence-electron chi connectivity index (χ2n) is 34.8. The van der Waals surface area contributed by atoms with Crippen LogP contribution in [0.1, 0.15) is 285 Å². The monoisotopic (exact) mass is 1870 g/mol. The molecule has 8 amide bonds. The van der Waals surface area contributed by atoms with E-state index in [1.807, 2.05) is 6.92 Å². The highest BCUT2D eigenvalue weighted by molar-refractivity contribution is 7.61. The van der Waals surface area contributed by atoms with Crippen LogP contribution in [0.15, 0.2) is 128 Å². The minimum absolute atomic E-state index is 0.0421. The predicted molar refractivity (Wildman–Crippen MR) is 501 cm³/mol. The first-order chi connectivity index (χ1) is 61.1. The van der Waals surface area contributed by atoms with E-state index in [2.05, 4.69) is 172 Å². The topological polar surface area (TPSA) is 530 Å². The van der Waals surface area contributed by atoms with Gasteiger partial charge in [0.25, 0.3) is 0 Å². The lowest BCUT2D eigenvalue weighted by Gasteiger charge is -2.49. The number of primary amides is 1. The number of carboxylic acids is 1. The van der Waals surface area contributed by atoms with Crippen LogP contribution in [0.3, 0.4) is 0 Å². The summed E-state index contributed by atoms with van der Waals surface area (Å²) in [6.07, 6.45) is 27.5. The Hall–Kier alpha value is -7.73. The summed E-state index contributed by atoms with van der Waals surface area (Å²) in [7, 11) is -11.5. The molecule has 2 saturated heterocycles. The molecule has 2 rings (SSSR count). The quantitative estimate of drug-likeness (QED) is 0.0153. The molecule has 0 aromatic carbocycles. The van der Waals surface area contributed by atoms with Gasteiger partial charge in [-0.25, -0.2) is 9.13 Å². The molecule has 0 radical (unpaired) electrons.